The van der Waals surface area contributed by atoms with Crippen LogP contribution >= 0.6 is 43.2 Å². The molecule has 0 aliphatic heterocycles. The Morgan fingerprint density at radius 1 is 1.00 bits per heavy atom. The van der Waals surface area contributed by atoms with Crippen LogP contribution in [0.3, 0.4) is 0 Å². The lowest BCUT2D eigenvalue weighted by Gasteiger charge is -2.10. The van der Waals surface area contributed by atoms with Gasteiger partial charge in [-0.1, -0.05) is 40.2 Å². The Labute approximate surface area is 132 Å². The Bertz CT molecular complexity index is 719. The standard InChI is InChI=1S/C15H10Br2OS/c16-10-6-4-9(5-7-10)14(18)12-8-19-15-11(12)2-1-3-13(15)17/h1-8,14,18H. The SMILES string of the molecule is OC(c1ccc(Br)cc1)c1csc2c(Br)cccc12. The predicted octanol–water partition coefficient (Wildman–Crippen LogP) is 5.51. The van der Waals surface area contributed by atoms with Crippen LogP contribution in [0, 0.1) is 0 Å². The third-order valence-electron chi connectivity index (χ3n) is 3.06. The first-order valence-corrected chi connectivity index (χ1v) is 8.22. The van der Waals surface area contributed by atoms with Crippen molar-refractivity contribution in [1.82, 2.24) is 0 Å². The second-order valence-electron chi connectivity index (χ2n) is 4.26. The summed E-state index contributed by atoms with van der Waals surface area (Å²) in [6.07, 6.45) is -0.587. The van der Waals surface area contributed by atoms with E-state index >= 15 is 0 Å². The molecule has 2 aromatic carbocycles. The van der Waals surface area contributed by atoms with E-state index in [0.717, 1.165) is 25.5 Å². The van der Waals surface area contributed by atoms with Gasteiger partial charge in [0.1, 0.15) is 6.10 Å². The predicted molar refractivity (Wildman–Crippen MR) is 87.7 cm³/mol. The highest BCUT2D eigenvalue weighted by molar-refractivity contribution is 9.11. The minimum absolute atomic E-state index is 0.587. The topological polar surface area (TPSA) is 20.2 Å². The summed E-state index contributed by atoms with van der Waals surface area (Å²) in [5, 5.41) is 13.7. The minimum Gasteiger partial charge on any atom is -0.384 e. The first-order valence-electron chi connectivity index (χ1n) is 5.76. The van der Waals surface area contributed by atoms with E-state index in [2.05, 4.69) is 31.9 Å². The molecule has 96 valence electrons. The van der Waals surface area contributed by atoms with Crippen molar-refractivity contribution in [3.63, 3.8) is 0 Å². The molecule has 1 atom stereocenters. The molecule has 0 fully saturated rings. The fraction of sp³-hybridized carbons (Fsp3) is 0.0667. The number of hydrogen-bond acceptors (Lipinski definition) is 2. The van der Waals surface area contributed by atoms with Crippen LogP contribution < -0.4 is 0 Å². The van der Waals surface area contributed by atoms with E-state index in [-0.39, 0.29) is 0 Å². The smallest absolute Gasteiger partial charge is 0.105 e. The van der Waals surface area contributed by atoms with Crippen LogP contribution in [0.15, 0.2) is 56.8 Å². The van der Waals surface area contributed by atoms with Crippen molar-refractivity contribution >= 4 is 53.3 Å². The fourth-order valence-electron chi connectivity index (χ4n) is 2.08. The lowest BCUT2D eigenvalue weighted by Crippen LogP contribution is -1.98. The van der Waals surface area contributed by atoms with E-state index in [4.69, 9.17) is 0 Å². The molecule has 1 heterocycles. The average Bonchev–Trinajstić information content (AvgIpc) is 2.84. The Morgan fingerprint density at radius 2 is 1.74 bits per heavy atom. The summed E-state index contributed by atoms with van der Waals surface area (Å²) in [6, 6.07) is 13.8. The monoisotopic (exact) mass is 396 g/mol. The molecular formula is C15H10Br2OS. The van der Waals surface area contributed by atoms with Crippen LogP contribution in [0.1, 0.15) is 17.2 Å². The van der Waals surface area contributed by atoms with Crippen LogP contribution in [0.5, 0.6) is 0 Å². The van der Waals surface area contributed by atoms with Gasteiger partial charge in [0.25, 0.3) is 0 Å². The molecule has 4 heteroatoms. The molecule has 0 aliphatic carbocycles. The van der Waals surface area contributed by atoms with Crippen LogP contribution in [0.25, 0.3) is 10.1 Å². The van der Waals surface area contributed by atoms with E-state index in [1.807, 2.05) is 47.8 Å². The Balaban J connectivity index is 2.09. The van der Waals surface area contributed by atoms with Crippen molar-refractivity contribution in [2.24, 2.45) is 0 Å². The van der Waals surface area contributed by atoms with Crippen LogP contribution in [-0.4, -0.2) is 5.11 Å². The minimum atomic E-state index is -0.587. The molecule has 3 aromatic rings. The van der Waals surface area contributed by atoms with Gasteiger partial charge >= 0.3 is 0 Å². The van der Waals surface area contributed by atoms with Crippen molar-refractivity contribution in [1.29, 1.82) is 0 Å². The number of halogens is 2. The molecule has 0 radical (unpaired) electrons. The number of aliphatic hydroxyl groups is 1. The average molecular weight is 398 g/mol. The zero-order valence-corrected chi connectivity index (χ0v) is 13.8. The summed E-state index contributed by atoms with van der Waals surface area (Å²) < 4.78 is 3.26. The van der Waals surface area contributed by atoms with Crippen LogP contribution in [-0.2, 0) is 0 Å². The van der Waals surface area contributed by atoms with E-state index in [1.54, 1.807) is 11.3 Å². The van der Waals surface area contributed by atoms with Crippen molar-refractivity contribution in [2.45, 2.75) is 6.10 Å². The van der Waals surface area contributed by atoms with Crippen molar-refractivity contribution < 1.29 is 5.11 Å². The van der Waals surface area contributed by atoms with E-state index < -0.39 is 6.10 Å². The van der Waals surface area contributed by atoms with Crippen molar-refractivity contribution in [3.8, 4) is 0 Å². The van der Waals surface area contributed by atoms with Gasteiger partial charge in [-0.05, 0) is 50.5 Å². The molecule has 1 N–H and O–H groups in total. The molecule has 0 spiro atoms. The first-order chi connectivity index (χ1) is 9.16. The summed E-state index contributed by atoms with van der Waals surface area (Å²) in [5.74, 6) is 0. The maximum absolute atomic E-state index is 10.5. The van der Waals surface area contributed by atoms with Crippen molar-refractivity contribution in [3.05, 3.63) is 67.9 Å². The second kappa shape index (κ2) is 5.37. The van der Waals surface area contributed by atoms with Crippen molar-refractivity contribution in [2.75, 3.05) is 0 Å². The molecule has 19 heavy (non-hydrogen) atoms. The zero-order chi connectivity index (χ0) is 13.4. The number of thiophene rings is 1. The number of aliphatic hydroxyl groups excluding tert-OH is 1. The van der Waals surface area contributed by atoms with Gasteiger partial charge in [0.05, 0.1) is 0 Å². The zero-order valence-electron chi connectivity index (χ0n) is 9.81. The summed E-state index contributed by atoms with van der Waals surface area (Å²) in [4.78, 5) is 0. The van der Waals surface area contributed by atoms with Gasteiger partial charge in [-0.3, -0.25) is 0 Å². The highest BCUT2D eigenvalue weighted by Gasteiger charge is 2.16. The first kappa shape index (κ1) is 13.3. The van der Waals surface area contributed by atoms with Gasteiger partial charge in [-0.15, -0.1) is 11.3 Å². The van der Waals surface area contributed by atoms with E-state index in [1.165, 1.54) is 4.70 Å². The summed E-state index contributed by atoms with van der Waals surface area (Å²) in [5.41, 5.74) is 1.87. The summed E-state index contributed by atoms with van der Waals surface area (Å²) in [7, 11) is 0. The second-order valence-corrected chi connectivity index (χ2v) is 6.91. The van der Waals surface area contributed by atoms with Gasteiger partial charge < -0.3 is 5.11 Å². The van der Waals surface area contributed by atoms with Crippen LogP contribution in [0.4, 0.5) is 0 Å². The van der Waals surface area contributed by atoms with Crippen LogP contribution in [0.2, 0.25) is 0 Å². The Morgan fingerprint density at radius 3 is 2.47 bits per heavy atom. The van der Waals surface area contributed by atoms with Gasteiger partial charge in [0.2, 0.25) is 0 Å². The molecule has 1 unspecified atom stereocenters. The van der Waals surface area contributed by atoms with Gasteiger partial charge in [0, 0.05) is 19.2 Å². The number of hydrogen-bond donors (Lipinski definition) is 1. The quantitative estimate of drug-likeness (QED) is 0.604. The Hall–Kier alpha value is -0.680. The van der Waals surface area contributed by atoms with Gasteiger partial charge in [-0.25, -0.2) is 0 Å². The fourth-order valence-corrected chi connectivity index (χ4v) is 3.98. The van der Waals surface area contributed by atoms with E-state index in [0.29, 0.717) is 0 Å². The largest absolute Gasteiger partial charge is 0.384 e. The highest BCUT2D eigenvalue weighted by atomic mass is 79.9. The summed E-state index contributed by atoms with van der Waals surface area (Å²) in [6.45, 7) is 0. The van der Waals surface area contributed by atoms with Gasteiger partial charge in [-0.2, -0.15) is 0 Å². The van der Waals surface area contributed by atoms with Gasteiger partial charge in [0.15, 0.2) is 0 Å². The molecule has 0 bridgehead atoms. The third-order valence-corrected chi connectivity index (χ3v) is 5.56. The lowest BCUT2D eigenvalue weighted by molar-refractivity contribution is 0.222. The number of fused-ring (bicyclic) bond motifs is 1. The molecule has 0 amide bonds. The lowest BCUT2D eigenvalue weighted by atomic mass is 10.0. The summed E-state index contributed by atoms with van der Waals surface area (Å²) >= 11 is 8.61. The molecule has 0 saturated carbocycles. The maximum atomic E-state index is 10.5. The molecule has 1 nitrogen and oxygen atoms in total. The molecule has 3 rings (SSSR count). The molecular weight excluding hydrogens is 388 g/mol. The third kappa shape index (κ3) is 2.50. The Kier molecular flexibility index (Phi) is 3.76. The maximum Gasteiger partial charge on any atom is 0.105 e. The molecule has 1 aromatic heterocycles. The molecule has 0 aliphatic rings. The normalized spacial score (nSPS) is 12.8. The molecule has 0 saturated heterocycles. The van der Waals surface area contributed by atoms with E-state index in [9.17, 15) is 5.11 Å². The number of benzene rings is 2. The highest BCUT2D eigenvalue weighted by Crippen LogP contribution is 2.37. The number of rotatable bonds is 2.